The van der Waals surface area contributed by atoms with Crippen LogP contribution in [-0.2, 0) is 6.42 Å². The molecule has 1 fully saturated rings. The summed E-state index contributed by atoms with van der Waals surface area (Å²) in [4.78, 5) is 4.62. The lowest BCUT2D eigenvalue weighted by Gasteiger charge is -2.33. The normalized spacial score (nSPS) is 17.3. The highest BCUT2D eigenvalue weighted by molar-refractivity contribution is 6.42. The smallest absolute Gasteiger partial charge is 0.0866 e. The molecule has 0 spiro atoms. The summed E-state index contributed by atoms with van der Waals surface area (Å²) in [7, 11) is 0. The van der Waals surface area contributed by atoms with Crippen LogP contribution in [0, 0.1) is 11.3 Å². The Morgan fingerprint density at radius 3 is 2.37 bits per heavy atom. The Labute approximate surface area is 124 Å². The zero-order chi connectivity index (χ0) is 13.7. The van der Waals surface area contributed by atoms with E-state index in [2.05, 4.69) is 15.9 Å². The van der Waals surface area contributed by atoms with Crippen molar-refractivity contribution in [3.05, 3.63) is 33.8 Å². The van der Waals surface area contributed by atoms with Gasteiger partial charge in [0.05, 0.1) is 22.7 Å². The summed E-state index contributed by atoms with van der Waals surface area (Å²) >= 11 is 11.9. The predicted molar refractivity (Wildman–Crippen MR) is 78.7 cm³/mol. The average Bonchev–Trinajstić information content (AvgIpc) is 2.42. The third-order valence-electron chi connectivity index (χ3n) is 3.46. The lowest BCUT2D eigenvalue weighted by atomic mass is 10.1. The van der Waals surface area contributed by atoms with Gasteiger partial charge in [-0.3, -0.25) is 4.90 Å². The first kappa shape index (κ1) is 14.6. The van der Waals surface area contributed by atoms with Gasteiger partial charge in [0.25, 0.3) is 0 Å². The van der Waals surface area contributed by atoms with Crippen LogP contribution < -0.4 is 0 Å². The number of nitrogens with zero attached hydrogens (tertiary/aromatic N) is 3. The standard InChI is InChI=1S/C14H17Cl2N3/c15-13-2-1-12(11-14(13)16)3-5-18-7-9-19(6-4-17)10-8-18/h1-2,11H,3,5-10H2. The number of hydrogen-bond donors (Lipinski definition) is 0. The van der Waals surface area contributed by atoms with Crippen LogP contribution in [0.2, 0.25) is 10.0 Å². The third-order valence-corrected chi connectivity index (χ3v) is 4.20. The van der Waals surface area contributed by atoms with Crippen LogP contribution in [0.5, 0.6) is 0 Å². The highest BCUT2D eigenvalue weighted by Crippen LogP contribution is 2.22. The maximum Gasteiger partial charge on any atom is 0.0866 e. The highest BCUT2D eigenvalue weighted by atomic mass is 35.5. The Hall–Kier alpha value is -0.790. The van der Waals surface area contributed by atoms with Gasteiger partial charge in [0.1, 0.15) is 0 Å². The monoisotopic (exact) mass is 297 g/mol. The van der Waals surface area contributed by atoms with Gasteiger partial charge in [-0.05, 0) is 24.1 Å². The van der Waals surface area contributed by atoms with Gasteiger partial charge in [-0.15, -0.1) is 0 Å². The van der Waals surface area contributed by atoms with Gasteiger partial charge in [0.2, 0.25) is 0 Å². The van der Waals surface area contributed by atoms with Gasteiger partial charge >= 0.3 is 0 Å². The molecule has 1 heterocycles. The molecule has 0 radical (unpaired) electrons. The Balaban J connectivity index is 1.77. The molecule has 102 valence electrons. The summed E-state index contributed by atoms with van der Waals surface area (Å²) in [6, 6.07) is 8.02. The second-order valence-corrected chi connectivity index (χ2v) is 5.59. The molecular formula is C14H17Cl2N3. The third kappa shape index (κ3) is 4.36. The lowest BCUT2D eigenvalue weighted by molar-refractivity contribution is 0.145. The zero-order valence-electron chi connectivity index (χ0n) is 10.8. The van der Waals surface area contributed by atoms with Crippen LogP contribution in [-0.4, -0.2) is 49.1 Å². The number of rotatable bonds is 4. The number of hydrogen-bond acceptors (Lipinski definition) is 3. The summed E-state index contributed by atoms with van der Waals surface area (Å²) < 4.78 is 0. The van der Waals surface area contributed by atoms with E-state index < -0.39 is 0 Å². The van der Waals surface area contributed by atoms with Crippen LogP contribution in [0.25, 0.3) is 0 Å². The lowest BCUT2D eigenvalue weighted by Crippen LogP contribution is -2.46. The Bertz CT molecular complexity index is 462. The zero-order valence-corrected chi connectivity index (χ0v) is 12.3. The molecule has 1 aromatic rings. The van der Waals surface area contributed by atoms with Crippen molar-refractivity contribution in [2.45, 2.75) is 6.42 Å². The minimum atomic E-state index is 0.542. The quantitative estimate of drug-likeness (QED) is 0.801. The summed E-state index contributed by atoms with van der Waals surface area (Å²) in [5, 5.41) is 9.89. The van der Waals surface area contributed by atoms with E-state index >= 15 is 0 Å². The maximum atomic E-state index is 8.66. The van der Waals surface area contributed by atoms with E-state index in [0.29, 0.717) is 16.6 Å². The molecule has 0 N–H and O–H groups in total. The van der Waals surface area contributed by atoms with E-state index in [-0.39, 0.29) is 0 Å². The van der Waals surface area contributed by atoms with Crippen molar-refractivity contribution in [2.75, 3.05) is 39.3 Å². The molecule has 0 aliphatic carbocycles. The molecule has 0 atom stereocenters. The minimum absolute atomic E-state index is 0.542. The van der Waals surface area contributed by atoms with E-state index in [0.717, 1.165) is 39.1 Å². The van der Waals surface area contributed by atoms with E-state index in [4.69, 9.17) is 28.5 Å². The van der Waals surface area contributed by atoms with E-state index in [9.17, 15) is 0 Å². The second kappa shape index (κ2) is 7.12. The molecule has 0 unspecified atom stereocenters. The summed E-state index contributed by atoms with van der Waals surface area (Å²) in [5.41, 5.74) is 1.22. The average molecular weight is 298 g/mol. The van der Waals surface area contributed by atoms with Gasteiger partial charge in [0, 0.05) is 32.7 Å². The van der Waals surface area contributed by atoms with Gasteiger partial charge in [-0.2, -0.15) is 5.26 Å². The van der Waals surface area contributed by atoms with Crippen molar-refractivity contribution in [3.63, 3.8) is 0 Å². The highest BCUT2D eigenvalue weighted by Gasteiger charge is 2.15. The van der Waals surface area contributed by atoms with Crippen molar-refractivity contribution in [1.82, 2.24) is 9.80 Å². The first-order valence-corrected chi connectivity index (χ1v) is 7.20. The van der Waals surface area contributed by atoms with Crippen molar-refractivity contribution in [2.24, 2.45) is 0 Å². The number of nitriles is 1. The van der Waals surface area contributed by atoms with E-state index in [1.165, 1.54) is 5.56 Å². The Morgan fingerprint density at radius 2 is 1.74 bits per heavy atom. The fraction of sp³-hybridized carbons (Fsp3) is 0.500. The Kier molecular flexibility index (Phi) is 5.47. The fourth-order valence-electron chi connectivity index (χ4n) is 2.25. The second-order valence-electron chi connectivity index (χ2n) is 4.77. The number of halogens is 2. The molecule has 19 heavy (non-hydrogen) atoms. The van der Waals surface area contributed by atoms with Crippen molar-refractivity contribution in [3.8, 4) is 6.07 Å². The molecule has 1 aromatic carbocycles. The molecule has 0 saturated carbocycles. The van der Waals surface area contributed by atoms with E-state index in [1.807, 2.05) is 18.2 Å². The molecule has 3 nitrogen and oxygen atoms in total. The molecule has 1 aliphatic heterocycles. The molecule has 0 amide bonds. The minimum Gasteiger partial charge on any atom is -0.300 e. The van der Waals surface area contributed by atoms with Crippen LogP contribution in [0.1, 0.15) is 5.56 Å². The van der Waals surface area contributed by atoms with Crippen LogP contribution >= 0.6 is 23.2 Å². The molecule has 2 rings (SSSR count). The van der Waals surface area contributed by atoms with Crippen molar-refractivity contribution >= 4 is 23.2 Å². The predicted octanol–water partition coefficient (Wildman–Crippen LogP) is 2.68. The topological polar surface area (TPSA) is 30.3 Å². The van der Waals surface area contributed by atoms with E-state index in [1.54, 1.807) is 0 Å². The SMILES string of the molecule is N#CCN1CCN(CCc2ccc(Cl)c(Cl)c2)CC1. The molecule has 0 bridgehead atoms. The molecular weight excluding hydrogens is 281 g/mol. The van der Waals surface area contributed by atoms with Crippen LogP contribution in [0.3, 0.4) is 0 Å². The summed E-state index contributed by atoms with van der Waals surface area (Å²) in [6.45, 7) is 5.59. The molecule has 1 saturated heterocycles. The summed E-state index contributed by atoms with van der Waals surface area (Å²) in [6.07, 6.45) is 0.981. The van der Waals surface area contributed by atoms with Crippen molar-refractivity contribution < 1.29 is 0 Å². The maximum absolute atomic E-state index is 8.66. The largest absolute Gasteiger partial charge is 0.300 e. The van der Waals surface area contributed by atoms with Gasteiger partial charge in [0.15, 0.2) is 0 Å². The van der Waals surface area contributed by atoms with Crippen LogP contribution in [0.15, 0.2) is 18.2 Å². The fourth-order valence-corrected chi connectivity index (χ4v) is 2.57. The molecule has 1 aliphatic rings. The molecule has 5 heteroatoms. The van der Waals surface area contributed by atoms with Gasteiger partial charge < -0.3 is 4.90 Å². The van der Waals surface area contributed by atoms with Gasteiger partial charge in [-0.1, -0.05) is 29.3 Å². The summed E-state index contributed by atoms with van der Waals surface area (Å²) in [5.74, 6) is 0. The van der Waals surface area contributed by atoms with Crippen molar-refractivity contribution in [1.29, 1.82) is 5.26 Å². The Morgan fingerprint density at radius 1 is 1.05 bits per heavy atom. The number of benzene rings is 1. The number of piperazine rings is 1. The first-order chi connectivity index (χ1) is 9.19. The van der Waals surface area contributed by atoms with Crippen LogP contribution in [0.4, 0.5) is 0 Å². The molecule has 0 aromatic heterocycles. The first-order valence-electron chi connectivity index (χ1n) is 6.44. The van der Waals surface area contributed by atoms with Gasteiger partial charge in [-0.25, -0.2) is 0 Å².